The van der Waals surface area contributed by atoms with E-state index in [-0.39, 0.29) is 5.75 Å². The Morgan fingerprint density at radius 3 is 2.57 bits per heavy atom. The zero-order valence-electron chi connectivity index (χ0n) is 11.7. The molecule has 0 unspecified atom stereocenters. The molecule has 1 aromatic heterocycles. The van der Waals surface area contributed by atoms with Crippen LogP contribution in [0.5, 0.6) is 5.75 Å². The van der Waals surface area contributed by atoms with Crippen LogP contribution in [0, 0.1) is 5.92 Å². The van der Waals surface area contributed by atoms with Crippen LogP contribution in [0.15, 0.2) is 36.7 Å². The number of rotatable bonds is 5. The van der Waals surface area contributed by atoms with Crippen molar-refractivity contribution in [3.63, 3.8) is 0 Å². The topological polar surface area (TPSA) is 27.1 Å². The maximum atomic E-state index is 12.1. The maximum Gasteiger partial charge on any atom is 0.387 e. The summed E-state index contributed by atoms with van der Waals surface area (Å²) in [6.07, 6.45) is 8.95. The number of aromatic nitrogens is 2. The number of alkyl halides is 2. The quantitative estimate of drug-likeness (QED) is 0.819. The second-order valence-corrected chi connectivity index (χ2v) is 5.46. The van der Waals surface area contributed by atoms with Crippen LogP contribution >= 0.6 is 0 Å². The summed E-state index contributed by atoms with van der Waals surface area (Å²) >= 11 is 0. The first-order valence-corrected chi connectivity index (χ1v) is 7.29. The van der Waals surface area contributed by atoms with Crippen molar-refractivity contribution in [3.05, 3.63) is 36.7 Å². The van der Waals surface area contributed by atoms with Crippen molar-refractivity contribution in [2.45, 2.75) is 38.8 Å². The summed E-state index contributed by atoms with van der Waals surface area (Å²) in [7, 11) is 0. The van der Waals surface area contributed by atoms with Gasteiger partial charge in [0.2, 0.25) is 0 Å². The largest absolute Gasteiger partial charge is 0.435 e. The predicted molar refractivity (Wildman–Crippen MR) is 76.3 cm³/mol. The molecule has 5 heteroatoms. The lowest BCUT2D eigenvalue weighted by Crippen LogP contribution is -2.08. The minimum atomic E-state index is -2.79. The normalized spacial score (nSPS) is 15.8. The predicted octanol–water partition coefficient (Wildman–Crippen LogP) is 4.34. The zero-order valence-corrected chi connectivity index (χ0v) is 11.7. The van der Waals surface area contributed by atoms with Crippen LogP contribution in [0.2, 0.25) is 0 Å². The van der Waals surface area contributed by atoms with E-state index in [9.17, 15) is 8.78 Å². The summed E-state index contributed by atoms with van der Waals surface area (Å²) in [5.41, 5.74) is 0.916. The number of halogens is 2. The summed E-state index contributed by atoms with van der Waals surface area (Å²) in [6, 6.07) is 6.64. The van der Waals surface area contributed by atoms with Crippen molar-refractivity contribution in [1.29, 1.82) is 0 Å². The highest BCUT2D eigenvalue weighted by Crippen LogP contribution is 2.28. The van der Waals surface area contributed by atoms with Crippen LogP contribution < -0.4 is 4.74 Å². The molecule has 0 amide bonds. The molecule has 0 N–H and O–H groups in total. The SMILES string of the molecule is FC(F)Oc1ccc(-c2nccn2CC2CCCC2)cc1. The monoisotopic (exact) mass is 292 g/mol. The molecule has 1 heterocycles. The molecule has 0 radical (unpaired) electrons. The Morgan fingerprint density at radius 1 is 1.19 bits per heavy atom. The molecule has 3 rings (SSSR count). The molecule has 3 nitrogen and oxygen atoms in total. The zero-order chi connectivity index (χ0) is 14.7. The Morgan fingerprint density at radius 2 is 1.90 bits per heavy atom. The lowest BCUT2D eigenvalue weighted by molar-refractivity contribution is -0.0498. The van der Waals surface area contributed by atoms with E-state index in [1.165, 1.54) is 25.7 Å². The fourth-order valence-corrected chi connectivity index (χ4v) is 2.97. The molecule has 0 spiro atoms. The number of nitrogens with zero attached hydrogens (tertiary/aromatic N) is 2. The van der Waals surface area contributed by atoms with Crippen molar-refractivity contribution < 1.29 is 13.5 Å². The van der Waals surface area contributed by atoms with E-state index < -0.39 is 6.61 Å². The molecule has 1 aliphatic rings. The van der Waals surface area contributed by atoms with Gasteiger partial charge in [0.25, 0.3) is 0 Å². The third-order valence-corrected chi connectivity index (χ3v) is 3.98. The van der Waals surface area contributed by atoms with Crippen LogP contribution in [0.1, 0.15) is 25.7 Å². The van der Waals surface area contributed by atoms with Gasteiger partial charge in [-0.15, -0.1) is 0 Å². The van der Waals surface area contributed by atoms with Gasteiger partial charge in [0.05, 0.1) is 0 Å². The molecule has 1 aromatic carbocycles. The van der Waals surface area contributed by atoms with Crippen LogP contribution in [-0.4, -0.2) is 16.2 Å². The number of ether oxygens (including phenoxy) is 1. The molecule has 0 aliphatic heterocycles. The Bertz CT molecular complexity index is 574. The first-order chi connectivity index (χ1) is 10.2. The van der Waals surface area contributed by atoms with Gasteiger partial charge in [-0.2, -0.15) is 8.78 Å². The average molecular weight is 292 g/mol. The van der Waals surface area contributed by atoms with Crippen LogP contribution in [0.4, 0.5) is 8.78 Å². The number of hydrogen-bond donors (Lipinski definition) is 0. The summed E-state index contributed by atoms with van der Waals surface area (Å²) in [6.45, 7) is -1.81. The van der Waals surface area contributed by atoms with E-state index in [1.54, 1.807) is 30.5 Å². The lowest BCUT2D eigenvalue weighted by Gasteiger charge is -2.13. The van der Waals surface area contributed by atoms with Crippen LogP contribution in [0.3, 0.4) is 0 Å². The molecule has 0 bridgehead atoms. The van der Waals surface area contributed by atoms with E-state index in [1.807, 2.05) is 6.20 Å². The Balaban J connectivity index is 1.75. The summed E-state index contributed by atoms with van der Waals surface area (Å²) in [4.78, 5) is 4.39. The van der Waals surface area contributed by atoms with Gasteiger partial charge in [-0.1, -0.05) is 12.8 Å². The fourth-order valence-electron chi connectivity index (χ4n) is 2.97. The van der Waals surface area contributed by atoms with Gasteiger partial charge in [-0.25, -0.2) is 4.98 Å². The molecule has 21 heavy (non-hydrogen) atoms. The van der Waals surface area contributed by atoms with E-state index in [4.69, 9.17) is 0 Å². The molecule has 0 saturated heterocycles. The maximum absolute atomic E-state index is 12.1. The van der Waals surface area contributed by atoms with E-state index in [0.717, 1.165) is 23.9 Å². The fraction of sp³-hybridized carbons (Fsp3) is 0.438. The van der Waals surface area contributed by atoms with E-state index >= 15 is 0 Å². The van der Waals surface area contributed by atoms with Crippen molar-refractivity contribution >= 4 is 0 Å². The van der Waals surface area contributed by atoms with Gasteiger partial charge in [0, 0.05) is 24.5 Å². The molecule has 112 valence electrons. The smallest absolute Gasteiger partial charge is 0.387 e. The third-order valence-electron chi connectivity index (χ3n) is 3.98. The van der Waals surface area contributed by atoms with Crippen LogP contribution in [-0.2, 0) is 6.54 Å². The number of hydrogen-bond acceptors (Lipinski definition) is 2. The van der Waals surface area contributed by atoms with Crippen molar-refractivity contribution in [3.8, 4) is 17.1 Å². The molecule has 2 aromatic rings. The highest BCUT2D eigenvalue weighted by molar-refractivity contribution is 5.56. The minimum absolute atomic E-state index is 0.169. The van der Waals surface area contributed by atoms with Gasteiger partial charge in [0.1, 0.15) is 11.6 Å². The number of benzene rings is 1. The second-order valence-electron chi connectivity index (χ2n) is 5.46. The summed E-state index contributed by atoms with van der Waals surface area (Å²) < 4.78 is 30.8. The third kappa shape index (κ3) is 3.40. The molecule has 0 atom stereocenters. The number of imidazole rings is 1. The van der Waals surface area contributed by atoms with Crippen molar-refractivity contribution in [2.75, 3.05) is 0 Å². The van der Waals surface area contributed by atoms with Crippen LogP contribution in [0.25, 0.3) is 11.4 Å². The second kappa shape index (κ2) is 6.24. The lowest BCUT2D eigenvalue weighted by atomic mass is 10.1. The highest BCUT2D eigenvalue weighted by atomic mass is 19.3. The van der Waals surface area contributed by atoms with Gasteiger partial charge >= 0.3 is 6.61 Å². The van der Waals surface area contributed by atoms with Crippen molar-refractivity contribution in [2.24, 2.45) is 5.92 Å². The Hall–Kier alpha value is -1.91. The van der Waals surface area contributed by atoms with E-state index in [2.05, 4.69) is 14.3 Å². The minimum Gasteiger partial charge on any atom is -0.435 e. The molecular formula is C16H18F2N2O. The standard InChI is InChI=1S/C16H18F2N2O/c17-16(18)21-14-7-5-13(6-8-14)15-19-9-10-20(15)11-12-3-1-2-4-12/h5-10,12,16H,1-4,11H2. The summed E-state index contributed by atoms with van der Waals surface area (Å²) in [5, 5.41) is 0. The molecular weight excluding hydrogens is 274 g/mol. The molecule has 1 saturated carbocycles. The molecule has 1 aliphatic carbocycles. The van der Waals surface area contributed by atoms with Gasteiger partial charge in [0.15, 0.2) is 0 Å². The average Bonchev–Trinajstić information content (AvgIpc) is 3.11. The first-order valence-electron chi connectivity index (χ1n) is 7.29. The Kier molecular flexibility index (Phi) is 4.18. The van der Waals surface area contributed by atoms with Gasteiger partial charge in [-0.3, -0.25) is 0 Å². The van der Waals surface area contributed by atoms with Gasteiger partial charge in [-0.05, 0) is 43.0 Å². The molecule has 1 fully saturated rings. The highest BCUT2D eigenvalue weighted by Gasteiger charge is 2.17. The van der Waals surface area contributed by atoms with Gasteiger partial charge < -0.3 is 9.30 Å². The Labute approximate surface area is 122 Å². The van der Waals surface area contributed by atoms with E-state index in [0.29, 0.717) is 0 Å². The first kappa shape index (κ1) is 14.0. The van der Waals surface area contributed by atoms with Crippen molar-refractivity contribution in [1.82, 2.24) is 9.55 Å². The summed E-state index contributed by atoms with van der Waals surface area (Å²) in [5.74, 6) is 1.77.